The van der Waals surface area contributed by atoms with E-state index in [0.717, 1.165) is 0 Å². The number of thiophene rings is 1. The highest BCUT2D eigenvalue weighted by Crippen LogP contribution is 2.58. The highest BCUT2D eigenvalue weighted by atomic mass is 32.1. The van der Waals surface area contributed by atoms with Gasteiger partial charge in [0.1, 0.15) is 0 Å². The second-order valence-electron chi connectivity index (χ2n) is 17.4. The van der Waals surface area contributed by atoms with Crippen LogP contribution in [0.3, 0.4) is 0 Å². The summed E-state index contributed by atoms with van der Waals surface area (Å²) in [5.41, 5.74) is 16.3. The van der Waals surface area contributed by atoms with Crippen LogP contribution < -0.4 is 20.7 Å². The molecular weight excluding hydrogens is 805 g/mol. The van der Waals surface area contributed by atoms with Crippen LogP contribution in [-0.4, -0.2) is 8.07 Å². The first-order valence-corrected chi connectivity index (χ1v) is 25.2. The van der Waals surface area contributed by atoms with Crippen molar-refractivity contribution in [1.29, 1.82) is 0 Å². The van der Waals surface area contributed by atoms with Crippen molar-refractivity contribution in [2.45, 2.75) is 11.8 Å². The third-order valence-corrected chi connectivity index (χ3v) is 20.2. The molecule has 2 heteroatoms. The number of benzene rings is 10. The predicted molar refractivity (Wildman–Crippen MR) is 274 cm³/mol. The van der Waals surface area contributed by atoms with E-state index in [1.54, 1.807) is 0 Å². The van der Waals surface area contributed by atoms with Gasteiger partial charge in [0.25, 0.3) is 0 Å². The Balaban J connectivity index is 1.08. The second kappa shape index (κ2) is 14.9. The number of rotatable bonds is 7. The largest absolute Gasteiger partial charge is 0.179 e. The van der Waals surface area contributed by atoms with Gasteiger partial charge in [-0.3, -0.25) is 0 Å². The maximum absolute atomic E-state index is 2.98. The number of hydrogen-bond acceptors (Lipinski definition) is 1. The van der Waals surface area contributed by atoms with Gasteiger partial charge in [0.15, 0.2) is 8.07 Å². The van der Waals surface area contributed by atoms with Crippen molar-refractivity contribution < 1.29 is 0 Å². The third-order valence-electron chi connectivity index (χ3n) is 14.2. The SMILES string of the molecule is c1ccc(-c2ccc([Si](c3ccccc3)(c3ccccc3)c3cccc4c3C3c5ccccc5C4c4cccc(-c5ccccc5-c5ccc6sc7ccccc7c6c5)c43)cc2)cc1. The Kier molecular flexibility index (Phi) is 8.65. The Morgan fingerprint density at radius 1 is 0.297 bits per heavy atom. The molecule has 0 saturated carbocycles. The summed E-state index contributed by atoms with van der Waals surface area (Å²) in [6.07, 6.45) is 0. The summed E-state index contributed by atoms with van der Waals surface area (Å²) < 4.78 is 2.67. The zero-order chi connectivity index (χ0) is 42.2. The van der Waals surface area contributed by atoms with Crippen molar-refractivity contribution in [2.75, 3.05) is 0 Å². The van der Waals surface area contributed by atoms with E-state index in [1.807, 2.05) is 11.3 Å². The smallest absolute Gasteiger partial charge is 0.135 e. The zero-order valence-corrected chi connectivity index (χ0v) is 37.0. The van der Waals surface area contributed by atoms with Gasteiger partial charge in [-0.05, 0) is 106 Å². The quantitative estimate of drug-likeness (QED) is 0.111. The fourth-order valence-corrected chi connectivity index (χ4v) is 17.7. The van der Waals surface area contributed by atoms with Gasteiger partial charge in [-0.2, -0.15) is 0 Å². The van der Waals surface area contributed by atoms with E-state index in [2.05, 4.69) is 243 Å². The van der Waals surface area contributed by atoms with Crippen molar-refractivity contribution in [3.05, 3.63) is 276 Å². The third kappa shape index (κ3) is 5.53. The summed E-state index contributed by atoms with van der Waals surface area (Å²) in [4.78, 5) is 0. The molecule has 11 aromatic rings. The molecule has 0 nitrogen and oxygen atoms in total. The molecule has 0 N–H and O–H groups in total. The molecule has 10 aromatic carbocycles. The van der Waals surface area contributed by atoms with Gasteiger partial charge in [-0.1, -0.05) is 224 Å². The molecule has 300 valence electrons. The maximum atomic E-state index is 2.51. The van der Waals surface area contributed by atoms with Crippen molar-refractivity contribution in [3.8, 4) is 33.4 Å². The van der Waals surface area contributed by atoms with E-state index < -0.39 is 8.07 Å². The standard InChI is InChI=1S/C62H42SSi/c1-4-18-41(19-5-1)42-34-37-46(38-35-42)64(44-20-6-2-7-21-44,45-22-8-3-9-23-45)58-33-17-31-54-59-51-27-12-13-28-52(51)62(61(54)58)60-50(29-16-30-53(59)60)48-25-11-10-24-47(48)43-36-39-57-55(40-43)49-26-14-15-32-56(49)63-57/h1-40,59,62H. The first-order chi connectivity index (χ1) is 31.8. The summed E-state index contributed by atoms with van der Waals surface area (Å²) >= 11 is 1.88. The summed E-state index contributed by atoms with van der Waals surface area (Å²) in [5.74, 6) is 0.156. The van der Waals surface area contributed by atoms with E-state index in [4.69, 9.17) is 0 Å². The molecule has 3 aliphatic carbocycles. The summed E-state index contributed by atoms with van der Waals surface area (Å²) in [6, 6.07) is 92.2. The first-order valence-electron chi connectivity index (χ1n) is 22.4. The first kappa shape index (κ1) is 37.2. The van der Waals surface area contributed by atoms with Crippen LogP contribution in [0.5, 0.6) is 0 Å². The molecule has 0 aliphatic heterocycles. The Labute approximate surface area is 379 Å². The lowest BCUT2D eigenvalue weighted by Gasteiger charge is -2.47. The normalized spacial score (nSPS) is 14.9. The van der Waals surface area contributed by atoms with Crippen molar-refractivity contribution >= 4 is 60.3 Å². The fraction of sp³-hybridized carbons (Fsp3) is 0.0323. The van der Waals surface area contributed by atoms with Gasteiger partial charge >= 0.3 is 0 Å². The summed E-state index contributed by atoms with van der Waals surface area (Å²) in [7, 11) is -2.98. The second-order valence-corrected chi connectivity index (χ2v) is 22.2. The van der Waals surface area contributed by atoms with E-state index in [0.29, 0.717) is 0 Å². The van der Waals surface area contributed by atoms with Crippen LogP contribution in [0, 0.1) is 0 Å². The van der Waals surface area contributed by atoms with E-state index in [-0.39, 0.29) is 11.8 Å². The molecule has 1 aromatic heterocycles. The molecule has 3 aliphatic rings. The molecule has 1 heterocycles. The molecule has 2 bridgehead atoms. The van der Waals surface area contributed by atoms with Crippen LogP contribution in [0.4, 0.5) is 0 Å². The average molecular weight is 847 g/mol. The Morgan fingerprint density at radius 2 is 0.797 bits per heavy atom. The van der Waals surface area contributed by atoms with Crippen LogP contribution in [0.2, 0.25) is 0 Å². The number of fused-ring (bicyclic) bond motifs is 3. The highest BCUT2D eigenvalue weighted by molar-refractivity contribution is 7.25. The predicted octanol–water partition coefficient (Wildman–Crippen LogP) is 13.4. The fourth-order valence-electron chi connectivity index (χ4n) is 11.6. The van der Waals surface area contributed by atoms with E-state index in [1.165, 1.54) is 108 Å². The monoisotopic (exact) mass is 846 g/mol. The van der Waals surface area contributed by atoms with E-state index in [9.17, 15) is 0 Å². The Hall–Kier alpha value is -7.36. The minimum Gasteiger partial charge on any atom is -0.135 e. The molecule has 0 amide bonds. The molecular formula is C62H42SSi. The minimum atomic E-state index is -2.98. The lowest BCUT2D eigenvalue weighted by atomic mass is 9.60. The summed E-state index contributed by atoms with van der Waals surface area (Å²) in [5, 5.41) is 8.32. The molecule has 64 heavy (non-hydrogen) atoms. The van der Waals surface area contributed by atoms with Crippen molar-refractivity contribution in [2.24, 2.45) is 0 Å². The van der Waals surface area contributed by atoms with Gasteiger partial charge in [-0.25, -0.2) is 0 Å². The number of hydrogen-bond donors (Lipinski definition) is 0. The molecule has 2 atom stereocenters. The molecule has 0 saturated heterocycles. The van der Waals surface area contributed by atoms with Crippen LogP contribution in [0.15, 0.2) is 243 Å². The topological polar surface area (TPSA) is 0 Å². The zero-order valence-electron chi connectivity index (χ0n) is 35.2. The van der Waals surface area contributed by atoms with Gasteiger partial charge in [-0.15, -0.1) is 11.3 Å². The lowest BCUT2D eigenvalue weighted by molar-refractivity contribution is 0.760. The molecule has 0 radical (unpaired) electrons. The molecule has 2 unspecified atom stereocenters. The van der Waals surface area contributed by atoms with Crippen molar-refractivity contribution in [1.82, 2.24) is 0 Å². The maximum Gasteiger partial charge on any atom is 0.179 e. The van der Waals surface area contributed by atoms with Crippen LogP contribution >= 0.6 is 11.3 Å². The van der Waals surface area contributed by atoms with E-state index >= 15 is 0 Å². The van der Waals surface area contributed by atoms with Gasteiger partial charge in [0.2, 0.25) is 0 Å². The molecule has 0 fully saturated rings. The highest BCUT2D eigenvalue weighted by Gasteiger charge is 2.49. The lowest BCUT2D eigenvalue weighted by Crippen LogP contribution is -2.75. The molecule has 0 spiro atoms. The van der Waals surface area contributed by atoms with Gasteiger partial charge in [0, 0.05) is 32.0 Å². The van der Waals surface area contributed by atoms with Crippen molar-refractivity contribution in [3.63, 3.8) is 0 Å². The molecule has 14 rings (SSSR count). The average Bonchev–Trinajstić information content (AvgIpc) is 3.75. The van der Waals surface area contributed by atoms with Gasteiger partial charge < -0.3 is 0 Å². The van der Waals surface area contributed by atoms with Crippen LogP contribution in [-0.2, 0) is 0 Å². The van der Waals surface area contributed by atoms with Crippen LogP contribution in [0.25, 0.3) is 53.6 Å². The minimum absolute atomic E-state index is 0.0397. The van der Waals surface area contributed by atoms with Crippen LogP contribution in [0.1, 0.15) is 45.2 Å². The Bertz CT molecular complexity index is 3510. The van der Waals surface area contributed by atoms with Gasteiger partial charge in [0.05, 0.1) is 0 Å². The Morgan fingerprint density at radius 3 is 1.53 bits per heavy atom. The summed E-state index contributed by atoms with van der Waals surface area (Å²) in [6.45, 7) is 0.